The van der Waals surface area contributed by atoms with Crippen molar-refractivity contribution in [2.45, 2.75) is 19.3 Å². The summed E-state index contributed by atoms with van der Waals surface area (Å²) in [6.07, 6.45) is 0. The van der Waals surface area contributed by atoms with Crippen molar-refractivity contribution < 1.29 is 9.18 Å². The van der Waals surface area contributed by atoms with Crippen molar-refractivity contribution in [1.82, 2.24) is 10.2 Å². The van der Waals surface area contributed by atoms with Gasteiger partial charge < -0.3 is 0 Å². The van der Waals surface area contributed by atoms with Crippen LogP contribution in [0.3, 0.4) is 0 Å². The van der Waals surface area contributed by atoms with Crippen LogP contribution in [0.25, 0.3) is 10.6 Å². The van der Waals surface area contributed by atoms with E-state index in [4.69, 9.17) is 11.6 Å². The maximum Gasteiger partial charge on any atom is 0.237 e. The molecular weight excluding hydrogens is 449 g/mol. The lowest BCUT2D eigenvalue weighted by Crippen LogP contribution is -2.34. The first-order chi connectivity index (χ1) is 11.8. The summed E-state index contributed by atoms with van der Waals surface area (Å²) in [4.78, 5) is 13.4. The second-order valence-corrected chi connectivity index (χ2v) is 8.93. The molecule has 0 aliphatic heterocycles. The van der Waals surface area contributed by atoms with Gasteiger partial charge >= 0.3 is 0 Å². The van der Waals surface area contributed by atoms with E-state index in [1.54, 1.807) is 32.0 Å². The Labute approximate surface area is 165 Å². The molecule has 3 rings (SSSR count). The van der Waals surface area contributed by atoms with Crippen molar-refractivity contribution in [2.24, 2.45) is 0 Å². The molecule has 130 valence electrons. The Kier molecular flexibility index (Phi) is 5.24. The van der Waals surface area contributed by atoms with Crippen LogP contribution in [0.1, 0.15) is 18.7 Å². The van der Waals surface area contributed by atoms with Gasteiger partial charge in [-0.3, -0.25) is 10.1 Å². The SMILES string of the molecule is CC(C)(C(=O)Nc1nnc(-c2cc(Br)ccc2F)s1)c1sccc1Cl. The predicted molar refractivity (Wildman–Crippen MR) is 104 cm³/mol. The van der Waals surface area contributed by atoms with Gasteiger partial charge in [-0.1, -0.05) is 38.9 Å². The normalized spacial score (nSPS) is 11.6. The predicted octanol–water partition coefficient (Wildman–Crippen LogP) is 5.74. The molecule has 1 aromatic carbocycles. The van der Waals surface area contributed by atoms with E-state index in [1.807, 2.05) is 5.38 Å². The van der Waals surface area contributed by atoms with Crippen LogP contribution in [0.5, 0.6) is 0 Å². The van der Waals surface area contributed by atoms with E-state index in [1.165, 1.54) is 17.4 Å². The average Bonchev–Trinajstić information content (AvgIpc) is 3.19. The summed E-state index contributed by atoms with van der Waals surface area (Å²) in [7, 11) is 0. The molecule has 1 amide bonds. The minimum absolute atomic E-state index is 0.255. The molecule has 4 nitrogen and oxygen atoms in total. The first-order valence-electron chi connectivity index (χ1n) is 7.13. The van der Waals surface area contributed by atoms with Gasteiger partial charge in [0.25, 0.3) is 0 Å². The largest absolute Gasteiger partial charge is 0.300 e. The zero-order valence-corrected chi connectivity index (χ0v) is 17.1. The molecule has 1 N–H and O–H groups in total. The zero-order chi connectivity index (χ0) is 18.2. The average molecular weight is 461 g/mol. The highest BCUT2D eigenvalue weighted by atomic mass is 79.9. The molecule has 0 bridgehead atoms. The molecule has 0 saturated heterocycles. The van der Waals surface area contributed by atoms with Crippen LogP contribution in [-0.4, -0.2) is 16.1 Å². The van der Waals surface area contributed by atoms with Crippen molar-refractivity contribution in [2.75, 3.05) is 5.32 Å². The highest BCUT2D eigenvalue weighted by molar-refractivity contribution is 9.10. The van der Waals surface area contributed by atoms with Gasteiger partial charge in [0.2, 0.25) is 11.0 Å². The van der Waals surface area contributed by atoms with Gasteiger partial charge in [-0.25, -0.2) is 4.39 Å². The summed E-state index contributed by atoms with van der Waals surface area (Å²) >= 11 is 12.0. The van der Waals surface area contributed by atoms with E-state index in [2.05, 4.69) is 31.4 Å². The number of thiophene rings is 1. The van der Waals surface area contributed by atoms with Gasteiger partial charge in [0, 0.05) is 14.9 Å². The number of aromatic nitrogens is 2. The summed E-state index contributed by atoms with van der Waals surface area (Å²) < 4.78 is 14.7. The topological polar surface area (TPSA) is 54.9 Å². The van der Waals surface area contributed by atoms with Crippen molar-refractivity contribution in [3.63, 3.8) is 0 Å². The second-order valence-electron chi connectivity index (χ2n) is 5.71. The molecule has 3 aromatic rings. The quantitative estimate of drug-likeness (QED) is 0.540. The van der Waals surface area contributed by atoms with Crippen LogP contribution < -0.4 is 5.32 Å². The van der Waals surface area contributed by atoms with E-state index in [0.717, 1.165) is 20.7 Å². The molecule has 25 heavy (non-hydrogen) atoms. The smallest absolute Gasteiger partial charge is 0.237 e. The van der Waals surface area contributed by atoms with Gasteiger partial charge in [0.15, 0.2) is 5.01 Å². The molecule has 0 fully saturated rings. The summed E-state index contributed by atoms with van der Waals surface area (Å²) in [5.74, 6) is -0.655. The van der Waals surface area contributed by atoms with Crippen molar-refractivity contribution in [1.29, 1.82) is 0 Å². The lowest BCUT2D eigenvalue weighted by atomic mass is 9.90. The third-order valence-corrected chi connectivity index (χ3v) is 6.59. The van der Waals surface area contributed by atoms with Gasteiger partial charge in [0.05, 0.1) is 10.4 Å². The number of halogens is 3. The molecule has 0 radical (unpaired) electrons. The molecule has 0 saturated carbocycles. The molecule has 0 unspecified atom stereocenters. The molecule has 0 aliphatic rings. The number of hydrogen-bond donors (Lipinski definition) is 1. The Morgan fingerprint density at radius 1 is 1.32 bits per heavy atom. The van der Waals surface area contributed by atoms with Crippen molar-refractivity contribution in [3.05, 3.63) is 49.8 Å². The third-order valence-electron chi connectivity index (χ3n) is 3.56. The van der Waals surface area contributed by atoms with Gasteiger partial charge in [0.1, 0.15) is 5.82 Å². The zero-order valence-electron chi connectivity index (χ0n) is 13.1. The maximum absolute atomic E-state index is 14.0. The Morgan fingerprint density at radius 2 is 2.08 bits per heavy atom. The highest BCUT2D eigenvalue weighted by Gasteiger charge is 2.33. The first kappa shape index (κ1) is 18.4. The van der Waals surface area contributed by atoms with E-state index < -0.39 is 11.2 Å². The number of carbonyl (C=O) groups excluding carboxylic acids is 1. The summed E-state index contributed by atoms with van der Waals surface area (Å²) in [5.41, 5.74) is -0.495. The van der Waals surface area contributed by atoms with Crippen LogP contribution >= 0.6 is 50.2 Å². The molecule has 9 heteroatoms. The van der Waals surface area contributed by atoms with E-state index in [-0.39, 0.29) is 5.91 Å². The van der Waals surface area contributed by atoms with Gasteiger partial charge in [-0.15, -0.1) is 21.5 Å². The fourth-order valence-electron chi connectivity index (χ4n) is 2.14. The Balaban J connectivity index is 1.83. The summed E-state index contributed by atoms with van der Waals surface area (Å²) in [6.45, 7) is 3.58. The number of anilines is 1. The molecule has 0 spiro atoms. The van der Waals surface area contributed by atoms with E-state index in [0.29, 0.717) is 20.7 Å². The monoisotopic (exact) mass is 459 g/mol. The fraction of sp³-hybridized carbons (Fsp3) is 0.188. The van der Waals surface area contributed by atoms with E-state index in [9.17, 15) is 9.18 Å². The molecule has 0 atom stereocenters. The standard InChI is InChI=1S/C16H12BrClFN3OS2/c1-16(2,12-10(18)5-6-24-12)14(23)20-15-22-21-13(25-15)9-7-8(17)3-4-11(9)19/h3-7H,1-2H3,(H,20,22,23). The Bertz CT molecular complexity index is 941. The highest BCUT2D eigenvalue weighted by Crippen LogP contribution is 2.36. The molecule has 2 aromatic heterocycles. The number of carbonyl (C=O) groups is 1. The molecule has 0 aliphatic carbocycles. The van der Waals surface area contributed by atoms with Gasteiger partial charge in [-0.2, -0.15) is 0 Å². The minimum atomic E-state index is -0.821. The lowest BCUT2D eigenvalue weighted by Gasteiger charge is -2.21. The Hall–Kier alpha value is -1.35. The molecular formula is C16H12BrClFN3OS2. The number of rotatable bonds is 4. The third kappa shape index (κ3) is 3.76. The van der Waals surface area contributed by atoms with Crippen LogP contribution in [0.4, 0.5) is 9.52 Å². The summed E-state index contributed by atoms with van der Waals surface area (Å²) in [5, 5.41) is 13.8. The van der Waals surface area contributed by atoms with Crippen LogP contribution in [0, 0.1) is 5.82 Å². The second kappa shape index (κ2) is 7.11. The summed E-state index contributed by atoms with van der Waals surface area (Å²) in [6, 6.07) is 6.34. The van der Waals surface area contributed by atoms with Crippen LogP contribution in [0.2, 0.25) is 5.02 Å². The number of nitrogens with zero attached hydrogens (tertiary/aromatic N) is 2. The van der Waals surface area contributed by atoms with Crippen LogP contribution in [0.15, 0.2) is 34.1 Å². The maximum atomic E-state index is 14.0. The minimum Gasteiger partial charge on any atom is -0.300 e. The number of hydrogen-bond acceptors (Lipinski definition) is 5. The first-order valence-corrected chi connectivity index (χ1v) is 9.99. The number of benzene rings is 1. The van der Waals surface area contributed by atoms with Crippen molar-refractivity contribution in [3.8, 4) is 10.6 Å². The Morgan fingerprint density at radius 3 is 2.76 bits per heavy atom. The van der Waals surface area contributed by atoms with Gasteiger partial charge in [-0.05, 0) is 43.5 Å². The molecule has 2 heterocycles. The fourth-order valence-corrected chi connectivity index (χ4v) is 4.67. The lowest BCUT2D eigenvalue weighted by molar-refractivity contribution is -0.120. The number of nitrogens with one attached hydrogen (secondary N) is 1. The van der Waals surface area contributed by atoms with Crippen LogP contribution in [-0.2, 0) is 10.2 Å². The number of amides is 1. The van der Waals surface area contributed by atoms with E-state index >= 15 is 0 Å². The van der Waals surface area contributed by atoms with Crippen molar-refractivity contribution >= 4 is 61.2 Å².